The second-order valence-corrected chi connectivity index (χ2v) is 4.71. The zero-order valence-electron chi connectivity index (χ0n) is 9.69. The standard InChI is InChI=1S/C10H18N4O3/c11-10(8(15)16)1-3-13(7-10)5-6-14-4-2-12-9(14)17/h1-7,11H2,(H,12,17)(H,15,16). The Morgan fingerprint density at radius 1 is 1.47 bits per heavy atom. The van der Waals surface area contributed by atoms with Crippen molar-refractivity contribution >= 4 is 12.0 Å². The number of nitrogens with two attached hydrogens (primary N) is 1. The van der Waals surface area contributed by atoms with Crippen LogP contribution in [0.2, 0.25) is 0 Å². The molecule has 96 valence electrons. The van der Waals surface area contributed by atoms with E-state index in [1.165, 1.54) is 0 Å². The lowest BCUT2D eigenvalue weighted by molar-refractivity contribution is -0.142. The summed E-state index contributed by atoms with van der Waals surface area (Å²) in [7, 11) is 0. The highest BCUT2D eigenvalue weighted by Crippen LogP contribution is 2.18. The summed E-state index contributed by atoms with van der Waals surface area (Å²) < 4.78 is 0. The van der Waals surface area contributed by atoms with Crippen LogP contribution in [0.5, 0.6) is 0 Å². The second-order valence-electron chi connectivity index (χ2n) is 4.71. The molecule has 2 saturated heterocycles. The largest absolute Gasteiger partial charge is 0.480 e. The van der Waals surface area contributed by atoms with Crippen LogP contribution in [0, 0.1) is 0 Å². The van der Waals surface area contributed by atoms with Gasteiger partial charge in [0.15, 0.2) is 0 Å². The van der Waals surface area contributed by atoms with Gasteiger partial charge in [0.25, 0.3) is 0 Å². The number of aliphatic carboxylic acids is 1. The number of hydrogen-bond donors (Lipinski definition) is 3. The van der Waals surface area contributed by atoms with E-state index >= 15 is 0 Å². The van der Waals surface area contributed by atoms with Crippen molar-refractivity contribution in [2.24, 2.45) is 5.73 Å². The number of carboxylic acid groups (broad SMARTS) is 1. The number of carbonyl (C=O) groups excluding carboxylic acids is 1. The number of carboxylic acids is 1. The van der Waals surface area contributed by atoms with Crippen LogP contribution < -0.4 is 11.1 Å². The van der Waals surface area contributed by atoms with Crippen molar-refractivity contribution in [3.63, 3.8) is 0 Å². The fourth-order valence-electron chi connectivity index (χ4n) is 2.27. The summed E-state index contributed by atoms with van der Waals surface area (Å²) in [6.45, 7) is 3.76. The summed E-state index contributed by atoms with van der Waals surface area (Å²) in [5, 5.41) is 11.7. The predicted molar refractivity (Wildman–Crippen MR) is 60.6 cm³/mol. The Hall–Kier alpha value is -1.34. The quantitative estimate of drug-likeness (QED) is 0.557. The molecular weight excluding hydrogens is 224 g/mol. The first kappa shape index (κ1) is 12.1. The Balaban J connectivity index is 1.78. The van der Waals surface area contributed by atoms with Crippen molar-refractivity contribution in [1.29, 1.82) is 0 Å². The summed E-state index contributed by atoms with van der Waals surface area (Å²) in [4.78, 5) is 26.0. The average molecular weight is 242 g/mol. The number of rotatable bonds is 4. The Kier molecular flexibility index (Phi) is 3.21. The molecule has 1 unspecified atom stereocenters. The molecule has 4 N–H and O–H groups in total. The maximum atomic E-state index is 11.3. The Labute approximate surface area is 99.5 Å². The zero-order chi connectivity index (χ0) is 12.5. The van der Waals surface area contributed by atoms with Crippen LogP contribution in [0.3, 0.4) is 0 Å². The van der Waals surface area contributed by atoms with Gasteiger partial charge in [-0.25, -0.2) is 4.79 Å². The summed E-state index contributed by atoms with van der Waals surface area (Å²) >= 11 is 0. The first-order chi connectivity index (χ1) is 8.01. The lowest BCUT2D eigenvalue weighted by Gasteiger charge is -2.22. The number of urea groups is 1. The van der Waals surface area contributed by atoms with Gasteiger partial charge in [0.2, 0.25) is 0 Å². The molecule has 0 aromatic rings. The van der Waals surface area contributed by atoms with E-state index in [9.17, 15) is 9.59 Å². The minimum Gasteiger partial charge on any atom is -0.480 e. The van der Waals surface area contributed by atoms with Crippen molar-refractivity contribution in [2.75, 3.05) is 39.3 Å². The fraction of sp³-hybridized carbons (Fsp3) is 0.800. The third kappa shape index (κ3) is 2.50. The third-order valence-corrected chi connectivity index (χ3v) is 3.44. The molecule has 0 radical (unpaired) electrons. The molecule has 0 spiro atoms. The minimum absolute atomic E-state index is 0.0403. The number of hydrogen-bond acceptors (Lipinski definition) is 4. The molecule has 2 aliphatic rings. The lowest BCUT2D eigenvalue weighted by Crippen LogP contribution is -2.50. The Morgan fingerprint density at radius 3 is 2.76 bits per heavy atom. The van der Waals surface area contributed by atoms with Crippen LogP contribution in [0.1, 0.15) is 6.42 Å². The van der Waals surface area contributed by atoms with Gasteiger partial charge in [0.05, 0.1) is 0 Å². The van der Waals surface area contributed by atoms with Gasteiger partial charge in [-0.05, 0) is 6.42 Å². The number of nitrogens with one attached hydrogen (secondary N) is 1. The number of amides is 2. The predicted octanol–water partition coefficient (Wildman–Crippen LogP) is -1.50. The van der Waals surface area contributed by atoms with Crippen LogP contribution in [0.15, 0.2) is 0 Å². The van der Waals surface area contributed by atoms with E-state index in [-0.39, 0.29) is 6.03 Å². The molecule has 2 heterocycles. The Bertz CT molecular complexity index is 336. The van der Waals surface area contributed by atoms with Crippen molar-refractivity contribution in [3.8, 4) is 0 Å². The summed E-state index contributed by atoms with van der Waals surface area (Å²) in [5.41, 5.74) is 4.65. The molecule has 0 aromatic carbocycles. The van der Waals surface area contributed by atoms with Gasteiger partial charge in [-0.15, -0.1) is 0 Å². The van der Waals surface area contributed by atoms with Gasteiger partial charge in [-0.1, -0.05) is 0 Å². The van der Waals surface area contributed by atoms with Crippen LogP contribution in [0.4, 0.5) is 4.79 Å². The van der Waals surface area contributed by atoms with Crippen molar-refractivity contribution in [1.82, 2.24) is 15.1 Å². The van der Waals surface area contributed by atoms with E-state index in [0.717, 1.165) is 6.54 Å². The van der Waals surface area contributed by atoms with Crippen molar-refractivity contribution < 1.29 is 14.7 Å². The van der Waals surface area contributed by atoms with E-state index in [2.05, 4.69) is 5.32 Å². The summed E-state index contributed by atoms with van der Waals surface area (Å²) in [5.74, 6) is -0.945. The number of carbonyl (C=O) groups is 2. The van der Waals surface area contributed by atoms with E-state index in [1.54, 1.807) is 4.90 Å². The van der Waals surface area contributed by atoms with Gasteiger partial charge in [0, 0.05) is 39.3 Å². The maximum absolute atomic E-state index is 11.3. The van der Waals surface area contributed by atoms with Crippen LogP contribution in [-0.4, -0.2) is 71.7 Å². The number of likely N-dealkylation sites (tertiary alicyclic amines) is 1. The molecule has 0 aliphatic carbocycles. The molecule has 2 amide bonds. The number of nitrogens with zero attached hydrogens (tertiary/aromatic N) is 2. The lowest BCUT2D eigenvalue weighted by atomic mass is 10.0. The van der Waals surface area contributed by atoms with Gasteiger partial charge < -0.3 is 21.1 Å². The third-order valence-electron chi connectivity index (χ3n) is 3.44. The molecule has 17 heavy (non-hydrogen) atoms. The van der Waals surface area contributed by atoms with Gasteiger partial charge in [0.1, 0.15) is 5.54 Å². The van der Waals surface area contributed by atoms with Crippen molar-refractivity contribution in [3.05, 3.63) is 0 Å². The highest BCUT2D eigenvalue weighted by atomic mass is 16.4. The Morgan fingerprint density at radius 2 is 2.24 bits per heavy atom. The van der Waals surface area contributed by atoms with Crippen molar-refractivity contribution in [2.45, 2.75) is 12.0 Å². The molecule has 2 rings (SSSR count). The highest BCUT2D eigenvalue weighted by molar-refractivity contribution is 5.79. The normalized spacial score (nSPS) is 29.7. The second kappa shape index (κ2) is 4.50. The zero-order valence-corrected chi connectivity index (χ0v) is 9.69. The molecule has 1 atom stereocenters. The molecule has 0 aromatic heterocycles. The molecule has 2 aliphatic heterocycles. The smallest absolute Gasteiger partial charge is 0.325 e. The van der Waals surface area contributed by atoms with Gasteiger partial charge in [-0.3, -0.25) is 9.69 Å². The molecular formula is C10H18N4O3. The molecule has 7 nitrogen and oxygen atoms in total. The summed E-state index contributed by atoms with van der Waals surface area (Å²) in [6, 6.07) is -0.0403. The first-order valence-electron chi connectivity index (χ1n) is 5.79. The van der Waals surface area contributed by atoms with E-state index in [4.69, 9.17) is 10.8 Å². The maximum Gasteiger partial charge on any atom is 0.325 e. The molecule has 2 fully saturated rings. The average Bonchev–Trinajstić information content (AvgIpc) is 2.83. The van der Waals surface area contributed by atoms with Crippen LogP contribution >= 0.6 is 0 Å². The van der Waals surface area contributed by atoms with Crippen LogP contribution in [-0.2, 0) is 4.79 Å². The van der Waals surface area contributed by atoms with E-state index in [0.29, 0.717) is 39.1 Å². The molecule has 7 heteroatoms. The van der Waals surface area contributed by atoms with Crippen LogP contribution in [0.25, 0.3) is 0 Å². The monoisotopic (exact) mass is 242 g/mol. The minimum atomic E-state index is -1.12. The van der Waals surface area contributed by atoms with E-state index < -0.39 is 11.5 Å². The van der Waals surface area contributed by atoms with Gasteiger partial charge in [-0.2, -0.15) is 0 Å². The van der Waals surface area contributed by atoms with Gasteiger partial charge >= 0.3 is 12.0 Å². The SMILES string of the molecule is NC1(C(=O)O)CCN(CCN2CCNC2=O)C1. The fourth-order valence-corrected chi connectivity index (χ4v) is 2.27. The topological polar surface area (TPSA) is 98.9 Å². The molecule has 0 saturated carbocycles. The summed E-state index contributed by atoms with van der Waals surface area (Å²) in [6.07, 6.45) is 0.467. The van der Waals surface area contributed by atoms with E-state index in [1.807, 2.05) is 4.90 Å². The first-order valence-corrected chi connectivity index (χ1v) is 5.79. The molecule has 0 bridgehead atoms. The highest BCUT2D eigenvalue weighted by Gasteiger charge is 2.41.